The highest BCUT2D eigenvalue weighted by atomic mass is 35.5. The van der Waals surface area contributed by atoms with Gasteiger partial charge in [0.1, 0.15) is 0 Å². The van der Waals surface area contributed by atoms with Gasteiger partial charge in [0.25, 0.3) is 11.2 Å². The monoisotopic (exact) mass is 295 g/mol. The third kappa shape index (κ3) is 2.62. The van der Waals surface area contributed by atoms with Gasteiger partial charge in [-0.15, -0.1) is 0 Å². The molecule has 2 rings (SSSR count). The number of halogens is 1. The van der Waals surface area contributed by atoms with Crippen molar-refractivity contribution in [2.75, 3.05) is 0 Å². The Labute approximate surface area is 117 Å². The summed E-state index contributed by atoms with van der Waals surface area (Å²) in [4.78, 5) is 34.0. The van der Waals surface area contributed by atoms with Crippen LogP contribution in [0.5, 0.6) is 0 Å². The van der Waals surface area contributed by atoms with Crippen molar-refractivity contribution >= 4 is 17.3 Å². The number of aryl methyl sites for hydroxylation is 1. The van der Waals surface area contributed by atoms with E-state index >= 15 is 0 Å². The third-order valence-corrected chi connectivity index (χ3v) is 3.05. The number of hydrogen-bond donors (Lipinski definition) is 0. The Morgan fingerprint density at radius 2 is 2.00 bits per heavy atom. The molecule has 1 aromatic carbocycles. The summed E-state index contributed by atoms with van der Waals surface area (Å²) in [5, 5.41) is 11.2. The molecule has 0 aliphatic rings. The molecular formula is C12H10ClN3O4. The molecule has 0 saturated heterocycles. The standard InChI is InChI=1S/C12H10ClN3O4/c1-14-5-4-11(17)15(12(14)18)7-8-2-3-9(13)6-10(8)16(19)20/h2-6H,7H2,1H3. The summed E-state index contributed by atoms with van der Waals surface area (Å²) >= 11 is 5.71. The Balaban J connectivity index is 2.57. The molecule has 7 nitrogen and oxygen atoms in total. The van der Waals surface area contributed by atoms with Gasteiger partial charge >= 0.3 is 5.69 Å². The molecule has 0 fully saturated rings. The minimum absolute atomic E-state index is 0.181. The van der Waals surface area contributed by atoms with Gasteiger partial charge in [-0.25, -0.2) is 4.79 Å². The Kier molecular flexibility index (Phi) is 3.71. The first kappa shape index (κ1) is 14.0. The maximum absolute atomic E-state index is 11.9. The Hall–Kier alpha value is -2.41. The van der Waals surface area contributed by atoms with E-state index in [1.165, 1.54) is 42.1 Å². The first-order valence-corrected chi connectivity index (χ1v) is 5.97. The fraction of sp³-hybridized carbons (Fsp3) is 0.167. The van der Waals surface area contributed by atoms with Crippen LogP contribution in [0.4, 0.5) is 5.69 Å². The van der Waals surface area contributed by atoms with Crippen LogP contribution in [0.2, 0.25) is 5.02 Å². The van der Waals surface area contributed by atoms with Gasteiger partial charge in [0.15, 0.2) is 0 Å². The normalized spacial score (nSPS) is 10.5. The SMILES string of the molecule is Cn1ccc(=O)n(Cc2ccc(Cl)cc2[N+](=O)[O-])c1=O. The number of nitro groups is 1. The van der Waals surface area contributed by atoms with E-state index in [0.717, 1.165) is 4.57 Å². The highest BCUT2D eigenvalue weighted by Crippen LogP contribution is 2.23. The maximum Gasteiger partial charge on any atom is 0.331 e. The zero-order valence-corrected chi connectivity index (χ0v) is 11.2. The maximum atomic E-state index is 11.9. The van der Waals surface area contributed by atoms with Crippen LogP contribution in [0.1, 0.15) is 5.56 Å². The second kappa shape index (κ2) is 5.30. The number of hydrogen-bond acceptors (Lipinski definition) is 4. The fourth-order valence-corrected chi connectivity index (χ4v) is 1.94. The molecule has 1 aromatic heterocycles. The quantitative estimate of drug-likeness (QED) is 0.628. The molecular weight excluding hydrogens is 286 g/mol. The van der Waals surface area contributed by atoms with Crippen molar-refractivity contribution in [3.8, 4) is 0 Å². The van der Waals surface area contributed by atoms with E-state index in [0.29, 0.717) is 0 Å². The van der Waals surface area contributed by atoms with E-state index in [1.807, 2.05) is 0 Å². The highest BCUT2D eigenvalue weighted by molar-refractivity contribution is 6.30. The molecule has 0 spiro atoms. The smallest absolute Gasteiger partial charge is 0.303 e. The number of nitro benzene ring substituents is 1. The molecule has 0 N–H and O–H groups in total. The van der Waals surface area contributed by atoms with Gasteiger partial charge < -0.3 is 4.57 Å². The largest absolute Gasteiger partial charge is 0.331 e. The van der Waals surface area contributed by atoms with Gasteiger partial charge in [-0.3, -0.25) is 19.5 Å². The van der Waals surface area contributed by atoms with Crippen LogP contribution in [0.3, 0.4) is 0 Å². The van der Waals surface area contributed by atoms with Crippen molar-refractivity contribution in [1.29, 1.82) is 0 Å². The Bertz CT molecular complexity index is 794. The van der Waals surface area contributed by atoms with E-state index < -0.39 is 16.2 Å². The summed E-state index contributed by atoms with van der Waals surface area (Å²) in [5.41, 5.74) is -1.04. The number of benzene rings is 1. The van der Waals surface area contributed by atoms with Crippen molar-refractivity contribution in [3.63, 3.8) is 0 Å². The predicted molar refractivity (Wildman–Crippen MR) is 73.2 cm³/mol. The van der Waals surface area contributed by atoms with E-state index in [4.69, 9.17) is 11.6 Å². The topological polar surface area (TPSA) is 87.1 Å². The van der Waals surface area contributed by atoms with Gasteiger partial charge in [-0.1, -0.05) is 11.6 Å². The van der Waals surface area contributed by atoms with Crippen molar-refractivity contribution in [3.05, 3.63) is 72.0 Å². The molecule has 0 unspecified atom stereocenters. The van der Waals surface area contributed by atoms with Gasteiger partial charge in [0, 0.05) is 36.0 Å². The zero-order valence-electron chi connectivity index (χ0n) is 10.4. The lowest BCUT2D eigenvalue weighted by atomic mass is 10.2. The van der Waals surface area contributed by atoms with E-state index in [1.54, 1.807) is 0 Å². The third-order valence-electron chi connectivity index (χ3n) is 2.81. The van der Waals surface area contributed by atoms with Gasteiger partial charge in [0.05, 0.1) is 11.5 Å². The van der Waals surface area contributed by atoms with Crippen LogP contribution >= 0.6 is 11.6 Å². The molecule has 0 radical (unpaired) electrons. The lowest BCUT2D eigenvalue weighted by Gasteiger charge is -2.07. The molecule has 0 amide bonds. The van der Waals surface area contributed by atoms with Crippen molar-refractivity contribution in [1.82, 2.24) is 9.13 Å². The van der Waals surface area contributed by atoms with Crippen molar-refractivity contribution < 1.29 is 4.92 Å². The van der Waals surface area contributed by atoms with E-state index in [2.05, 4.69) is 0 Å². The first-order chi connectivity index (χ1) is 9.40. The summed E-state index contributed by atoms with van der Waals surface area (Å²) in [6.45, 7) is -0.181. The van der Waals surface area contributed by atoms with Crippen LogP contribution in [-0.4, -0.2) is 14.1 Å². The molecule has 0 aliphatic carbocycles. The Morgan fingerprint density at radius 1 is 1.30 bits per heavy atom. The van der Waals surface area contributed by atoms with Crippen molar-refractivity contribution in [2.24, 2.45) is 7.05 Å². The minimum atomic E-state index is -0.598. The van der Waals surface area contributed by atoms with Crippen LogP contribution in [0.15, 0.2) is 40.1 Å². The zero-order chi connectivity index (χ0) is 14.9. The van der Waals surface area contributed by atoms with Gasteiger partial charge in [-0.05, 0) is 12.1 Å². The Morgan fingerprint density at radius 3 is 2.65 bits per heavy atom. The first-order valence-electron chi connectivity index (χ1n) is 5.59. The highest BCUT2D eigenvalue weighted by Gasteiger charge is 2.16. The van der Waals surface area contributed by atoms with E-state index in [-0.39, 0.29) is 22.8 Å². The number of rotatable bonds is 3. The molecule has 2 aromatic rings. The minimum Gasteiger partial charge on any atom is -0.303 e. The molecule has 8 heteroatoms. The fourth-order valence-electron chi connectivity index (χ4n) is 1.77. The second-order valence-electron chi connectivity index (χ2n) is 4.16. The summed E-state index contributed by atoms with van der Waals surface area (Å²) in [6.07, 6.45) is 1.34. The molecule has 20 heavy (non-hydrogen) atoms. The summed E-state index contributed by atoms with van der Waals surface area (Å²) in [6, 6.07) is 5.32. The van der Waals surface area contributed by atoms with E-state index in [9.17, 15) is 19.7 Å². The van der Waals surface area contributed by atoms with Crippen LogP contribution in [0.25, 0.3) is 0 Å². The molecule has 104 valence electrons. The average Bonchev–Trinajstić information content (AvgIpc) is 2.40. The number of nitrogens with zero attached hydrogens (tertiary/aromatic N) is 3. The van der Waals surface area contributed by atoms with Crippen LogP contribution in [-0.2, 0) is 13.6 Å². The molecule has 0 bridgehead atoms. The average molecular weight is 296 g/mol. The van der Waals surface area contributed by atoms with Crippen LogP contribution in [0, 0.1) is 10.1 Å². The lowest BCUT2D eigenvalue weighted by Crippen LogP contribution is -2.38. The van der Waals surface area contributed by atoms with Gasteiger partial charge in [-0.2, -0.15) is 0 Å². The summed E-state index contributed by atoms with van der Waals surface area (Å²) < 4.78 is 2.15. The van der Waals surface area contributed by atoms with Crippen molar-refractivity contribution in [2.45, 2.75) is 6.54 Å². The molecule has 0 aliphatic heterocycles. The van der Waals surface area contributed by atoms with Crippen LogP contribution < -0.4 is 11.2 Å². The van der Waals surface area contributed by atoms with Gasteiger partial charge in [0.2, 0.25) is 0 Å². The molecule has 0 saturated carbocycles. The number of aromatic nitrogens is 2. The predicted octanol–water partition coefficient (Wildman–Crippen LogP) is 1.16. The second-order valence-corrected chi connectivity index (χ2v) is 4.60. The molecule has 1 heterocycles. The lowest BCUT2D eigenvalue weighted by molar-refractivity contribution is -0.385. The molecule has 0 atom stereocenters. The summed E-state index contributed by atoms with van der Waals surface area (Å²) in [5.74, 6) is 0. The summed E-state index contributed by atoms with van der Waals surface area (Å²) in [7, 11) is 1.49.